The average molecular weight is 347 g/mol. The molecule has 0 fully saturated rings. The molecule has 0 unspecified atom stereocenters. The van der Waals surface area contributed by atoms with Crippen molar-refractivity contribution >= 4 is 21.6 Å². The summed E-state index contributed by atoms with van der Waals surface area (Å²) >= 11 is 5.84. The molecular formula is C16H11ClN2O3S. The lowest BCUT2D eigenvalue weighted by atomic mass is 10.1. The molecule has 0 spiro atoms. The molecule has 0 aliphatic rings. The van der Waals surface area contributed by atoms with Crippen LogP contribution < -0.4 is 5.56 Å². The largest absolute Gasteiger partial charge is 0.286 e. The zero-order valence-corrected chi connectivity index (χ0v) is 13.3. The van der Waals surface area contributed by atoms with E-state index in [4.69, 9.17) is 11.6 Å². The van der Waals surface area contributed by atoms with Crippen LogP contribution in [0.15, 0.2) is 76.4 Å². The summed E-state index contributed by atoms with van der Waals surface area (Å²) in [6, 6.07) is 17.1. The second kappa shape index (κ2) is 5.98. The Morgan fingerprint density at radius 2 is 1.52 bits per heavy atom. The van der Waals surface area contributed by atoms with Crippen LogP contribution in [-0.2, 0) is 10.0 Å². The summed E-state index contributed by atoms with van der Waals surface area (Å²) < 4.78 is 25.6. The molecule has 0 bridgehead atoms. The molecule has 23 heavy (non-hydrogen) atoms. The molecule has 0 aliphatic carbocycles. The van der Waals surface area contributed by atoms with Gasteiger partial charge in [-0.25, -0.2) is 0 Å². The molecule has 0 saturated heterocycles. The second-order valence-electron chi connectivity index (χ2n) is 4.72. The van der Waals surface area contributed by atoms with E-state index in [1.165, 1.54) is 24.3 Å². The number of aromatic nitrogens is 2. The van der Waals surface area contributed by atoms with E-state index in [9.17, 15) is 13.2 Å². The fourth-order valence-electron chi connectivity index (χ4n) is 2.03. The Balaban J connectivity index is 2.16. The molecule has 0 atom stereocenters. The Labute approximate surface area is 137 Å². The first-order valence-electron chi connectivity index (χ1n) is 6.65. The van der Waals surface area contributed by atoms with Crippen molar-refractivity contribution in [3.05, 3.63) is 82.1 Å². The molecular weight excluding hydrogens is 336 g/mol. The van der Waals surface area contributed by atoms with E-state index in [1.807, 2.05) is 0 Å². The maximum absolute atomic E-state index is 12.6. The van der Waals surface area contributed by atoms with Crippen LogP contribution in [0.2, 0.25) is 5.02 Å². The summed E-state index contributed by atoms with van der Waals surface area (Å²) in [5.74, 6) is 0. The van der Waals surface area contributed by atoms with Crippen LogP contribution in [0, 0.1) is 0 Å². The fraction of sp³-hybridized carbons (Fsp3) is 0. The highest BCUT2D eigenvalue weighted by atomic mass is 35.5. The van der Waals surface area contributed by atoms with E-state index in [2.05, 4.69) is 5.10 Å². The molecule has 116 valence electrons. The van der Waals surface area contributed by atoms with Gasteiger partial charge in [-0.1, -0.05) is 41.9 Å². The highest BCUT2D eigenvalue weighted by Crippen LogP contribution is 2.19. The summed E-state index contributed by atoms with van der Waals surface area (Å²) in [4.78, 5) is 12.0. The minimum Gasteiger partial charge on any atom is -0.267 e. The van der Waals surface area contributed by atoms with Crippen LogP contribution in [0.3, 0.4) is 0 Å². The lowest BCUT2D eigenvalue weighted by Gasteiger charge is -2.08. The minimum atomic E-state index is -4.04. The molecule has 0 aliphatic heterocycles. The topological polar surface area (TPSA) is 69.0 Å². The first-order valence-corrected chi connectivity index (χ1v) is 8.47. The highest BCUT2D eigenvalue weighted by Gasteiger charge is 2.20. The van der Waals surface area contributed by atoms with Gasteiger partial charge in [-0.2, -0.15) is 13.5 Å². The van der Waals surface area contributed by atoms with Gasteiger partial charge in [-0.05, 0) is 30.3 Å². The van der Waals surface area contributed by atoms with Crippen LogP contribution >= 0.6 is 11.6 Å². The van der Waals surface area contributed by atoms with Gasteiger partial charge in [0.1, 0.15) is 0 Å². The van der Waals surface area contributed by atoms with Gasteiger partial charge >= 0.3 is 0 Å². The first-order chi connectivity index (χ1) is 11.0. The summed E-state index contributed by atoms with van der Waals surface area (Å²) in [5, 5.41) is 4.55. The summed E-state index contributed by atoms with van der Waals surface area (Å²) in [6.07, 6.45) is 0. The molecule has 1 heterocycles. The molecule has 0 N–H and O–H groups in total. The van der Waals surface area contributed by atoms with Crippen molar-refractivity contribution in [2.45, 2.75) is 4.90 Å². The van der Waals surface area contributed by atoms with Crippen molar-refractivity contribution in [3.63, 3.8) is 0 Å². The third kappa shape index (κ3) is 3.04. The molecule has 7 heteroatoms. The van der Waals surface area contributed by atoms with E-state index in [0.29, 0.717) is 20.4 Å². The van der Waals surface area contributed by atoms with Gasteiger partial charge < -0.3 is 0 Å². The van der Waals surface area contributed by atoms with Gasteiger partial charge in [0.25, 0.3) is 15.6 Å². The van der Waals surface area contributed by atoms with Gasteiger partial charge in [0.05, 0.1) is 10.6 Å². The molecule has 2 aromatic carbocycles. The normalized spacial score (nSPS) is 11.3. The van der Waals surface area contributed by atoms with E-state index >= 15 is 0 Å². The van der Waals surface area contributed by atoms with E-state index in [1.54, 1.807) is 42.5 Å². The van der Waals surface area contributed by atoms with Crippen LogP contribution in [0.1, 0.15) is 0 Å². The number of hydrogen-bond donors (Lipinski definition) is 0. The average Bonchev–Trinajstić information content (AvgIpc) is 2.57. The molecule has 5 nitrogen and oxygen atoms in total. The minimum absolute atomic E-state index is 0.00264. The van der Waals surface area contributed by atoms with Crippen LogP contribution in [-0.4, -0.2) is 17.6 Å². The predicted molar refractivity (Wildman–Crippen MR) is 88.0 cm³/mol. The molecule has 0 saturated carbocycles. The van der Waals surface area contributed by atoms with Crippen LogP contribution in [0.4, 0.5) is 0 Å². The second-order valence-corrected chi connectivity index (χ2v) is 6.93. The lowest BCUT2D eigenvalue weighted by Crippen LogP contribution is -2.29. The third-order valence-electron chi connectivity index (χ3n) is 3.18. The number of hydrogen-bond acceptors (Lipinski definition) is 4. The number of rotatable bonds is 3. The molecule has 0 radical (unpaired) electrons. The smallest absolute Gasteiger partial charge is 0.267 e. The molecule has 1 aromatic heterocycles. The van der Waals surface area contributed by atoms with Crippen molar-refractivity contribution in [1.82, 2.24) is 9.19 Å². The maximum atomic E-state index is 12.6. The van der Waals surface area contributed by atoms with Crippen LogP contribution in [0.5, 0.6) is 0 Å². The van der Waals surface area contributed by atoms with E-state index in [0.717, 1.165) is 0 Å². The Hall–Kier alpha value is -2.44. The standard InChI is InChI=1S/C16H11ClN2O3S/c17-13-8-6-12(7-9-13)15-10-11-16(20)19(18-15)23(21,22)14-4-2-1-3-5-14/h1-11H. The van der Waals surface area contributed by atoms with Gasteiger partial charge in [0.2, 0.25) is 0 Å². The first kappa shape index (κ1) is 15.5. The monoisotopic (exact) mass is 346 g/mol. The maximum Gasteiger partial charge on any atom is 0.286 e. The Kier molecular flexibility index (Phi) is 4.02. The van der Waals surface area contributed by atoms with Gasteiger partial charge in [0.15, 0.2) is 0 Å². The zero-order valence-electron chi connectivity index (χ0n) is 11.8. The number of benzene rings is 2. The Morgan fingerprint density at radius 1 is 0.870 bits per heavy atom. The van der Waals surface area contributed by atoms with Crippen molar-refractivity contribution in [1.29, 1.82) is 0 Å². The summed E-state index contributed by atoms with van der Waals surface area (Å²) in [7, 11) is -4.04. The number of halogens is 1. The van der Waals surface area contributed by atoms with Crippen molar-refractivity contribution in [2.24, 2.45) is 0 Å². The Bertz CT molecular complexity index is 998. The third-order valence-corrected chi connectivity index (χ3v) is 5.02. The highest BCUT2D eigenvalue weighted by molar-refractivity contribution is 7.89. The van der Waals surface area contributed by atoms with Crippen LogP contribution in [0.25, 0.3) is 11.3 Å². The van der Waals surface area contributed by atoms with E-state index in [-0.39, 0.29) is 4.90 Å². The SMILES string of the molecule is O=c1ccc(-c2ccc(Cl)cc2)nn1S(=O)(=O)c1ccccc1. The van der Waals surface area contributed by atoms with Gasteiger partial charge in [-0.3, -0.25) is 4.79 Å². The van der Waals surface area contributed by atoms with Gasteiger partial charge in [-0.15, -0.1) is 4.09 Å². The predicted octanol–water partition coefficient (Wildman–Crippen LogP) is 2.80. The quantitative estimate of drug-likeness (QED) is 0.731. The summed E-state index contributed by atoms with van der Waals surface area (Å²) in [5.41, 5.74) is 0.304. The molecule has 3 rings (SSSR count). The van der Waals surface area contributed by atoms with Crippen molar-refractivity contribution in [2.75, 3.05) is 0 Å². The van der Waals surface area contributed by atoms with Crippen molar-refractivity contribution in [3.8, 4) is 11.3 Å². The fourth-order valence-corrected chi connectivity index (χ4v) is 3.35. The number of nitrogens with zero attached hydrogens (tertiary/aromatic N) is 2. The lowest BCUT2D eigenvalue weighted by molar-refractivity contribution is 0.576. The molecule has 0 amide bonds. The van der Waals surface area contributed by atoms with Crippen molar-refractivity contribution < 1.29 is 8.42 Å². The summed E-state index contributed by atoms with van der Waals surface area (Å²) in [6.45, 7) is 0. The van der Waals surface area contributed by atoms with E-state index < -0.39 is 15.6 Å². The Morgan fingerprint density at radius 3 is 2.17 bits per heavy atom. The van der Waals surface area contributed by atoms with Gasteiger partial charge in [0, 0.05) is 16.7 Å². The zero-order chi connectivity index (χ0) is 16.4. The molecule has 3 aromatic rings.